The highest BCUT2D eigenvalue weighted by Crippen LogP contribution is 2.21. The van der Waals surface area contributed by atoms with Gasteiger partial charge in [-0.3, -0.25) is 9.59 Å². The van der Waals surface area contributed by atoms with E-state index in [4.69, 9.17) is 0 Å². The SMILES string of the molecule is CCCc1c(C(=O)NCCc2ncc(C)s2)[nH]c(C)c1C(C)=O. The first-order chi connectivity index (χ1) is 10.9. The molecule has 2 N–H and O–H groups in total. The second kappa shape index (κ2) is 7.55. The molecular weight excluding hydrogens is 310 g/mol. The molecule has 0 aliphatic rings. The summed E-state index contributed by atoms with van der Waals surface area (Å²) in [6.07, 6.45) is 4.16. The lowest BCUT2D eigenvalue weighted by Crippen LogP contribution is -2.27. The average Bonchev–Trinajstić information content (AvgIpc) is 3.03. The van der Waals surface area contributed by atoms with Gasteiger partial charge in [-0.2, -0.15) is 0 Å². The van der Waals surface area contributed by atoms with Gasteiger partial charge >= 0.3 is 0 Å². The fraction of sp³-hybridized carbons (Fsp3) is 0.471. The summed E-state index contributed by atoms with van der Waals surface area (Å²) in [5.74, 6) is -0.156. The summed E-state index contributed by atoms with van der Waals surface area (Å²) in [7, 11) is 0. The number of nitrogens with one attached hydrogen (secondary N) is 2. The number of aryl methyl sites for hydroxylation is 2. The number of hydrogen-bond acceptors (Lipinski definition) is 4. The van der Waals surface area contributed by atoms with Crippen LogP contribution < -0.4 is 5.32 Å². The molecule has 1 amide bonds. The van der Waals surface area contributed by atoms with Crippen LogP contribution in [0.15, 0.2) is 6.20 Å². The predicted molar refractivity (Wildman–Crippen MR) is 92.4 cm³/mol. The molecule has 0 saturated heterocycles. The molecule has 0 bridgehead atoms. The van der Waals surface area contributed by atoms with Gasteiger partial charge in [0.15, 0.2) is 5.78 Å². The van der Waals surface area contributed by atoms with Crippen LogP contribution in [-0.2, 0) is 12.8 Å². The second-order valence-electron chi connectivity index (χ2n) is 5.66. The van der Waals surface area contributed by atoms with Crippen molar-refractivity contribution in [2.45, 2.75) is 47.0 Å². The van der Waals surface area contributed by atoms with Crippen molar-refractivity contribution in [2.24, 2.45) is 0 Å². The quantitative estimate of drug-likeness (QED) is 0.764. The van der Waals surface area contributed by atoms with E-state index in [1.54, 1.807) is 18.3 Å². The number of rotatable bonds is 7. The minimum Gasteiger partial charge on any atom is -0.354 e. The fourth-order valence-corrected chi connectivity index (χ4v) is 3.52. The van der Waals surface area contributed by atoms with Crippen molar-refractivity contribution >= 4 is 23.0 Å². The van der Waals surface area contributed by atoms with Crippen molar-refractivity contribution < 1.29 is 9.59 Å². The maximum atomic E-state index is 12.5. The van der Waals surface area contributed by atoms with Crippen molar-refractivity contribution in [3.8, 4) is 0 Å². The molecule has 0 fully saturated rings. The molecule has 23 heavy (non-hydrogen) atoms. The standard InChI is InChI=1S/C17H23N3O2S/c1-5-6-13-15(12(4)21)11(3)20-16(13)17(22)18-8-7-14-19-9-10(2)23-14/h9,20H,5-8H2,1-4H3,(H,18,22). The summed E-state index contributed by atoms with van der Waals surface area (Å²) >= 11 is 1.64. The zero-order valence-corrected chi connectivity index (χ0v) is 14.9. The van der Waals surface area contributed by atoms with Crippen LogP contribution in [0, 0.1) is 13.8 Å². The van der Waals surface area contributed by atoms with E-state index in [-0.39, 0.29) is 11.7 Å². The molecule has 2 aromatic heterocycles. The van der Waals surface area contributed by atoms with E-state index in [1.165, 1.54) is 4.88 Å². The lowest BCUT2D eigenvalue weighted by molar-refractivity contribution is 0.0948. The Morgan fingerprint density at radius 1 is 1.30 bits per heavy atom. The number of nitrogens with zero attached hydrogens (tertiary/aromatic N) is 1. The van der Waals surface area contributed by atoms with Crippen molar-refractivity contribution in [3.63, 3.8) is 0 Å². The van der Waals surface area contributed by atoms with Gasteiger partial charge in [0.1, 0.15) is 5.69 Å². The minimum absolute atomic E-state index is 0.000453. The van der Waals surface area contributed by atoms with E-state index < -0.39 is 0 Å². The molecule has 2 rings (SSSR count). The van der Waals surface area contributed by atoms with Gasteiger partial charge < -0.3 is 10.3 Å². The summed E-state index contributed by atoms with van der Waals surface area (Å²) in [4.78, 5) is 32.8. The maximum absolute atomic E-state index is 12.5. The van der Waals surface area contributed by atoms with E-state index >= 15 is 0 Å². The van der Waals surface area contributed by atoms with Crippen LogP contribution in [0.1, 0.15) is 62.3 Å². The maximum Gasteiger partial charge on any atom is 0.268 e. The van der Waals surface area contributed by atoms with Gasteiger partial charge in [-0.25, -0.2) is 4.98 Å². The number of amides is 1. The fourth-order valence-electron chi connectivity index (χ4n) is 2.74. The van der Waals surface area contributed by atoms with Gasteiger partial charge in [-0.1, -0.05) is 13.3 Å². The van der Waals surface area contributed by atoms with Crippen LogP contribution >= 0.6 is 11.3 Å². The van der Waals surface area contributed by atoms with E-state index in [1.807, 2.05) is 27.0 Å². The Morgan fingerprint density at radius 2 is 2.04 bits per heavy atom. The molecular formula is C17H23N3O2S. The molecule has 5 nitrogen and oxygen atoms in total. The highest BCUT2D eigenvalue weighted by atomic mass is 32.1. The molecule has 0 aliphatic carbocycles. The number of hydrogen-bond donors (Lipinski definition) is 2. The van der Waals surface area contributed by atoms with Gasteiger partial charge in [-0.15, -0.1) is 11.3 Å². The zero-order chi connectivity index (χ0) is 17.0. The lowest BCUT2D eigenvalue weighted by Gasteiger charge is -2.06. The van der Waals surface area contributed by atoms with E-state index in [2.05, 4.69) is 15.3 Å². The molecule has 0 atom stereocenters. The molecule has 2 heterocycles. The van der Waals surface area contributed by atoms with Gasteiger partial charge in [-0.05, 0) is 32.8 Å². The molecule has 0 aliphatic heterocycles. The highest BCUT2D eigenvalue weighted by Gasteiger charge is 2.21. The molecule has 0 saturated carbocycles. The first-order valence-electron chi connectivity index (χ1n) is 7.85. The number of Topliss-reactive ketones (excluding diaryl/α,β-unsaturated/α-hetero) is 1. The third kappa shape index (κ3) is 4.07. The van der Waals surface area contributed by atoms with Crippen LogP contribution in [0.3, 0.4) is 0 Å². The van der Waals surface area contributed by atoms with E-state index in [0.717, 1.165) is 22.7 Å². The lowest BCUT2D eigenvalue weighted by atomic mass is 10.0. The number of ketones is 1. The van der Waals surface area contributed by atoms with Gasteiger partial charge in [0, 0.05) is 35.3 Å². The van der Waals surface area contributed by atoms with Crippen LogP contribution in [0.2, 0.25) is 0 Å². The van der Waals surface area contributed by atoms with Crippen LogP contribution in [-0.4, -0.2) is 28.2 Å². The number of aromatic amines is 1. The predicted octanol–water partition coefficient (Wildman–Crippen LogP) is 3.22. The van der Waals surface area contributed by atoms with Crippen LogP contribution in [0.25, 0.3) is 0 Å². The van der Waals surface area contributed by atoms with Crippen molar-refractivity contribution in [1.82, 2.24) is 15.3 Å². The monoisotopic (exact) mass is 333 g/mol. The zero-order valence-electron chi connectivity index (χ0n) is 14.1. The van der Waals surface area contributed by atoms with Gasteiger partial charge in [0.25, 0.3) is 5.91 Å². The Balaban J connectivity index is 2.09. The molecule has 0 aromatic carbocycles. The van der Waals surface area contributed by atoms with E-state index in [9.17, 15) is 9.59 Å². The largest absolute Gasteiger partial charge is 0.354 e. The minimum atomic E-state index is -0.155. The molecule has 6 heteroatoms. The Hall–Kier alpha value is -1.95. The van der Waals surface area contributed by atoms with Crippen LogP contribution in [0.4, 0.5) is 0 Å². The molecule has 0 unspecified atom stereocenters. The average molecular weight is 333 g/mol. The number of H-pyrrole nitrogens is 1. The number of carbonyl (C=O) groups is 2. The smallest absolute Gasteiger partial charge is 0.268 e. The summed E-state index contributed by atoms with van der Waals surface area (Å²) in [6, 6.07) is 0. The van der Waals surface area contributed by atoms with Gasteiger partial charge in [0.05, 0.1) is 5.01 Å². The normalized spacial score (nSPS) is 10.8. The second-order valence-corrected chi connectivity index (χ2v) is 6.97. The molecule has 2 aromatic rings. The Morgan fingerprint density at radius 3 is 2.61 bits per heavy atom. The summed E-state index contributed by atoms with van der Waals surface area (Å²) in [5.41, 5.74) is 2.78. The molecule has 0 radical (unpaired) electrons. The third-order valence-electron chi connectivity index (χ3n) is 3.66. The van der Waals surface area contributed by atoms with Crippen molar-refractivity contribution in [3.05, 3.63) is 38.6 Å². The third-order valence-corrected chi connectivity index (χ3v) is 4.64. The topological polar surface area (TPSA) is 74.8 Å². The molecule has 0 spiro atoms. The van der Waals surface area contributed by atoms with Crippen LogP contribution in [0.5, 0.6) is 0 Å². The van der Waals surface area contributed by atoms with Gasteiger partial charge in [0.2, 0.25) is 0 Å². The Bertz CT molecular complexity index is 715. The number of thiazole rings is 1. The number of aromatic nitrogens is 2. The van der Waals surface area contributed by atoms with E-state index in [0.29, 0.717) is 30.6 Å². The summed E-state index contributed by atoms with van der Waals surface area (Å²) in [5, 5.41) is 3.94. The van der Waals surface area contributed by atoms with Crippen molar-refractivity contribution in [1.29, 1.82) is 0 Å². The Labute approximate surface area is 140 Å². The first kappa shape index (κ1) is 17.4. The van der Waals surface area contributed by atoms with Crippen molar-refractivity contribution in [2.75, 3.05) is 6.54 Å². The molecule has 124 valence electrons. The Kier molecular flexibility index (Phi) is 5.71. The highest BCUT2D eigenvalue weighted by molar-refractivity contribution is 7.11. The summed E-state index contributed by atoms with van der Waals surface area (Å²) in [6.45, 7) is 7.97. The first-order valence-corrected chi connectivity index (χ1v) is 8.67. The number of carbonyl (C=O) groups excluding carboxylic acids is 2. The summed E-state index contributed by atoms with van der Waals surface area (Å²) < 4.78 is 0.